The Morgan fingerprint density at radius 2 is 1.57 bits per heavy atom. The van der Waals surface area contributed by atoms with Crippen LogP contribution in [0.2, 0.25) is 0 Å². The molecule has 0 unspecified atom stereocenters. The molecule has 0 atom stereocenters. The topological polar surface area (TPSA) is 96.6 Å². The SMILES string of the molecule is CCNC(=NCc1ccc(S(N)(=O)=O)cc1)NCCc1ccc(C(F)(F)F)cc1.I. The molecular weight excluding hydrogens is 532 g/mol. The maximum atomic E-state index is 12.6. The molecule has 2 aromatic rings. The van der Waals surface area contributed by atoms with Gasteiger partial charge in [-0.05, 0) is 48.7 Å². The normalized spacial score (nSPS) is 12.2. The van der Waals surface area contributed by atoms with Gasteiger partial charge in [0.2, 0.25) is 10.0 Å². The van der Waals surface area contributed by atoms with Crippen molar-refractivity contribution in [3.63, 3.8) is 0 Å². The molecule has 0 saturated carbocycles. The third-order valence-electron chi connectivity index (χ3n) is 4.00. The average Bonchev–Trinajstić information content (AvgIpc) is 2.65. The van der Waals surface area contributed by atoms with Crippen molar-refractivity contribution >= 4 is 40.0 Å². The lowest BCUT2D eigenvalue weighted by Gasteiger charge is -2.12. The Balaban J connectivity index is 0.00000450. The number of sulfonamides is 1. The number of nitrogens with two attached hydrogens (primary N) is 1. The number of aliphatic imine (C=N–C) groups is 1. The van der Waals surface area contributed by atoms with E-state index >= 15 is 0 Å². The van der Waals surface area contributed by atoms with Gasteiger partial charge >= 0.3 is 6.18 Å². The summed E-state index contributed by atoms with van der Waals surface area (Å²) in [6.07, 6.45) is -3.81. The average molecular weight is 556 g/mol. The van der Waals surface area contributed by atoms with Crippen LogP contribution in [0.1, 0.15) is 23.6 Å². The third-order valence-corrected chi connectivity index (χ3v) is 4.93. The summed E-state index contributed by atoms with van der Waals surface area (Å²) in [4.78, 5) is 4.45. The van der Waals surface area contributed by atoms with Crippen molar-refractivity contribution in [2.75, 3.05) is 13.1 Å². The molecule has 0 spiro atoms. The van der Waals surface area contributed by atoms with Gasteiger partial charge in [-0.3, -0.25) is 0 Å². The van der Waals surface area contributed by atoms with Crippen LogP contribution in [0.25, 0.3) is 0 Å². The van der Waals surface area contributed by atoms with E-state index in [9.17, 15) is 21.6 Å². The number of rotatable bonds is 7. The van der Waals surface area contributed by atoms with E-state index in [-0.39, 0.29) is 28.9 Å². The van der Waals surface area contributed by atoms with Crippen molar-refractivity contribution in [1.29, 1.82) is 0 Å². The molecule has 0 fully saturated rings. The highest BCUT2D eigenvalue weighted by Crippen LogP contribution is 2.29. The molecule has 2 rings (SSSR count). The number of primary sulfonamides is 1. The number of nitrogens with zero attached hydrogens (tertiary/aromatic N) is 1. The maximum Gasteiger partial charge on any atom is 0.416 e. The van der Waals surface area contributed by atoms with E-state index in [0.717, 1.165) is 23.3 Å². The first-order chi connectivity index (χ1) is 13.6. The summed E-state index contributed by atoms with van der Waals surface area (Å²) in [7, 11) is -3.73. The zero-order valence-corrected chi connectivity index (χ0v) is 19.4. The molecule has 0 bridgehead atoms. The van der Waals surface area contributed by atoms with Gasteiger partial charge in [0.15, 0.2) is 5.96 Å². The number of alkyl halides is 3. The second-order valence-corrected chi connectivity index (χ2v) is 7.82. The molecule has 6 nitrogen and oxygen atoms in total. The van der Waals surface area contributed by atoms with E-state index in [4.69, 9.17) is 5.14 Å². The first kappa shape index (κ1) is 26.2. The first-order valence-corrected chi connectivity index (χ1v) is 10.4. The Labute approximate surface area is 191 Å². The fourth-order valence-corrected chi connectivity index (χ4v) is 3.00. The highest BCUT2D eigenvalue weighted by atomic mass is 127. The highest BCUT2D eigenvalue weighted by molar-refractivity contribution is 14.0. The summed E-state index contributed by atoms with van der Waals surface area (Å²) in [6, 6.07) is 11.2. The van der Waals surface area contributed by atoms with Crippen LogP contribution < -0.4 is 15.8 Å². The summed E-state index contributed by atoms with van der Waals surface area (Å²) < 4.78 is 60.3. The van der Waals surface area contributed by atoms with Crippen LogP contribution in [0.5, 0.6) is 0 Å². The Hall–Kier alpha value is -1.86. The molecule has 0 aromatic heterocycles. The molecule has 11 heteroatoms. The second-order valence-electron chi connectivity index (χ2n) is 6.26. The van der Waals surface area contributed by atoms with Crippen molar-refractivity contribution in [2.45, 2.75) is 31.0 Å². The molecule has 0 aliphatic rings. The minimum absolute atomic E-state index is 0. The predicted octanol–water partition coefficient (Wildman–Crippen LogP) is 3.27. The molecular formula is C19H24F3IN4O2S. The number of hydrogen-bond donors (Lipinski definition) is 3. The van der Waals surface area contributed by atoms with E-state index in [0.29, 0.717) is 32.0 Å². The number of halogens is 4. The van der Waals surface area contributed by atoms with Crippen LogP contribution in [0.15, 0.2) is 58.4 Å². The van der Waals surface area contributed by atoms with Crippen molar-refractivity contribution < 1.29 is 21.6 Å². The number of hydrogen-bond acceptors (Lipinski definition) is 3. The van der Waals surface area contributed by atoms with Gasteiger partial charge in [0.25, 0.3) is 0 Å². The molecule has 0 radical (unpaired) electrons. The molecule has 30 heavy (non-hydrogen) atoms. The summed E-state index contributed by atoms with van der Waals surface area (Å²) in [5, 5.41) is 11.3. The Kier molecular flexibility index (Phi) is 10.0. The largest absolute Gasteiger partial charge is 0.416 e. The van der Waals surface area contributed by atoms with Crippen molar-refractivity contribution in [2.24, 2.45) is 10.1 Å². The molecule has 4 N–H and O–H groups in total. The van der Waals surface area contributed by atoms with Crippen LogP contribution in [-0.4, -0.2) is 27.5 Å². The van der Waals surface area contributed by atoms with Crippen molar-refractivity contribution in [3.05, 3.63) is 65.2 Å². The van der Waals surface area contributed by atoms with Gasteiger partial charge in [0.05, 0.1) is 17.0 Å². The minimum Gasteiger partial charge on any atom is -0.357 e. The standard InChI is InChI=1S/C19H23F3N4O2S.HI/c1-2-24-18(26-13-15-5-9-17(10-6-15)29(23,27)28)25-12-11-14-3-7-16(8-4-14)19(20,21)22;/h3-10H,2,11-13H2,1H3,(H2,23,27,28)(H2,24,25,26);1H. The monoisotopic (exact) mass is 556 g/mol. The van der Waals surface area contributed by atoms with E-state index < -0.39 is 21.8 Å². The number of nitrogens with one attached hydrogen (secondary N) is 2. The van der Waals surface area contributed by atoms with Gasteiger partial charge in [-0.25, -0.2) is 18.5 Å². The van der Waals surface area contributed by atoms with E-state index in [1.165, 1.54) is 24.3 Å². The Morgan fingerprint density at radius 3 is 2.07 bits per heavy atom. The van der Waals surface area contributed by atoms with Crippen LogP contribution in [-0.2, 0) is 29.2 Å². The van der Waals surface area contributed by atoms with Crippen molar-refractivity contribution in [3.8, 4) is 0 Å². The summed E-state index contributed by atoms with van der Waals surface area (Å²) in [5.74, 6) is 0.551. The smallest absolute Gasteiger partial charge is 0.357 e. The molecule has 0 aliphatic carbocycles. The lowest BCUT2D eigenvalue weighted by atomic mass is 10.1. The summed E-state index contributed by atoms with van der Waals surface area (Å²) >= 11 is 0. The molecule has 0 amide bonds. The summed E-state index contributed by atoms with van der Waals surface area (Å²) in [5.41, 5.74) is 0.912. The second kappa shape index (κ2) is 11.5. The first-order valence-electron chi connectivity index (χ1n) is 8.89. The molecule has 0 aliphatic heterocycles. The van der Waals surface area contributed by atoms with Gasteiger partial charge in [-0.2, -0.15) is 13.2 Å². The van der Waals surface area contributed by atoms with Gasteiger partial charge in [-0.1, -0.05) is 24.3 Å². The Morgan fingerprint density at radius 1 is 1.00 bits per heavy atom. The van der Waals surface area contributed by atoms with Crippen LogP contribution in [0.3, 0.4) is 0 Å². The fourth-order valence-electron chi connectivity index (χ4n) is 2.48. The van der Waals surface area contributed by atoms with Crippen LogP contribution in [0, 0.1) is 0 Å². The lowest BCUT2D eigenvalue weighted by Crippen LogP contribution is -2.38. The van der Waals surface area contributed by atoms with E-state index in [1.807, 2.05) is 6.92 Å². The lowest BCUT2D eigenvalue weighted by molar-refractivity contribution is -0.137. The van der Waals surface area contributed by atoms with E-state index in [1.54, 1.807) is 12.1 Å². The quantitative estimate of drug-likeness (QED) is 0.277. The molecule has 2 aromatic carbocycles. The zero-order chi connectivity index (χ0) is 21.5. The number of guanidine groups is 1. The van der Waals surface area contributed by atoms with Crippen LogP contribution >= 0.6 is 24.0 Å². The third kappa shape index (κ3) is 8.48. The zero-order valence-electron chi connectivity index (χ0n) is 16.2. The van der Waals surface area contributed by atoms with Gasteiger partial charge in [-0.15, -0.1) is 24.0 Å². The number of benzene rings is 2. The van der Waals surface area contributed by atoms with E-state index in [2.05, 4.69) is 15.6 Å². The fraction of sp³-hybridized carbons (Fsp3) is 0.316. The molecule has 0 heterocycles. The van der Waals surface area contributed by atoms with Gasteiger partial charge in [0, 0.05) is 13.1 Å². The molecule has 0 saturated heterocycles. The van der Waals surface area contributed by atoms with Gasteiger partial charge < -0.3 is 10.6 Å². The highest BCUT2D eigenvalue weighted by Gasteiger charge is 2.29. The molecule has 166 valence electrons. The summed E-state index contributed by atoms with van der Waals surface area (Å²) in [6.45, 7) is 3.35. The minimum atomic E-state index is -4.34. The van der Waals surface area contributed by atoms with Crippen molar-refractivity contribution in [1.82, 2.24) is 10.6 Å². The predicted molar refractivity (Wildman–Crippen MR) is 121 cm³/mol. The Bertz CT molecular complexity index is 932. The van der Waals surface area contributed by atoms with Crippen LogP contribution in [0.4, 0.5) is 13.2 Å². The maximum absolute atomic E-state index is 12.6. The van der Waals surface area contributed by atoms with Gasteiger partial charge in [0.1, 0.15) is 0 Å².